The SMILES string of the molecule is O=C(Nc1c2c(nn1-c1ccccc1)CCC2)N[C@@]1(CC(F)(F)F)CNC[C@@H]1c1cccc(F)c1. The van der Waals surface area contributed by atoms with E-state index in [1.165, 1.54) is 18.2 Å². The van der Waals surface area contributed by atoms with Gasteiger partial charge in [0, 0.05) is 24.6 Å². The number of carbonyl (C=O) groups is 1. The van der Waals surface area contributed by atoms with Crippen LogP contribution in [0.5, 0.6) is 0 Å². The van der Waals surface area contributed by atoms with Crippen LogP contribution < -0.4 is 16.0 Å². The number of carbonyl (C=O) groups excluding carboxylic acids is 1. The zero-order chi connectivity index (χ0) is 24.6. The van der Waals surface area contributed by atoms with Gasteiger partial charge in [-0.05, 0) is 49.1 Å². The maximum Gasteiger partial charge on any atom is 0.391 e. The summed E-state index contributed by atoms with van der Waals surface area (Å²) in [5, 5.41) is 13.0. The number of rotatable bonds is 5. The van der Waals surface area contributed by atoms with Crippen LogP contribution in [-0.2, 0) is 12.8 Å². The Morgan fingerprint density at radius 1 is 1.14 bits per heavy atom. The minimum atomic E-state index is -4.54. The fourth-order valence-corrected chi connectivity index (χ4v) is 5.28. The second-order valence-corrected chi connectivity index (χ2v) is 9.14. The predicted molar refractivity (Wildman–Crippen MR) is 123 cm³/mol. The van der Waals surface area contributed by atoms with Crippen LogP contribution in [0, 0.1) is 5.82 Å². The number of hydrogen-bond donors (Lipinski definition) is 3. The minimum Gasteiger partial charge on any atom is -0.330 e. The fourth-order valence-electron chi connectivity index (χ4n) is 5.28. The van der Waals surface area contributed by atoms with Crippen LogP contribution in [0.1, 0.15) is 35.6 Å². The van der Waals surface area contributed by atoms with Gasteiger partial charge in [0.15, 0.2) is 0 Å². The van der Waals surface area contributed by atoms with Crippen LogP contribution in [0.15, 0.2) is 54.6 Å². The molecular formula is C25H25F4N5O. The highest BCUT2D eigenvalue weighted by atomic mass is 19.4. The number of aromatic nitrogens is 2. The van der Waals surface area contributed by atoms with Crippen LogP contribution in [0.4, 0.5) is 28.2 Å². The molecule has 2 aromatic carbocycles. The van der Waals surface area contributed by atoms with Gasteiger partial charge >= 0.3 is 12.2 Å². The van der Waals surface area contributed by atoms with E-state index in [9.17, 15) is 22.4 Å². The third kappa shape index (κ3) is 4.75. The molecule has 0 saturated carbocycles. The van der Waals surface area contributed by atoms with Crippen molar-refractivity contribution in [3.8, 4) is 5.69 Å². The number of aryl methyl sites for hydroxylation is 1. The van der Waals surface area contributed by atoms with Gasteiger partial charge in [-0.15, -0.1) is 0 Å². The van der Waals surface area contributed by atoms with Crippen molar-refractivity contribution in [3.05, 3.63) is 77.2 Å². The summed E-state index contributed by atoms with van der Waals surface area (Å²) in [7, 11) is 0. The van der Waals surface area contributed by atoms with Gasteiger partial charge < -0.3 is 10.6 Å². The Kier molecular flexibility index (Phi) is 6.00. The number of nitrogens with one attached hydrogen (secondary N) is 3. The first-order valence-corrected chi connectivity index (χ1v) is 11.5. The molecule has 0 spiro atoms. The summed E-state index contributed by atoms with van der Waals surface area (Å²) in [6.07, 6.45) is -3.41. The van der Waals surface area contributed by atoms with Crippen molar-refractivity contribution < 1.29 is 22.4 Å². The third-order valence-electron chi connectivity index (χ3n) is 6.73. The molecule has 1 aliphatic heterocycles. The first-order valence-electron chi connectivity index (χ1n) is 11.5. The van der Waals surface area contributed by atoms with Gasteiger partial charge in [-0.2, -0.15) is 18.3 Å². The second kappa shape index (κ2) is 8.99. The van der Waals surface area contributed by atoms with Gasteiger partial charge in [0.25, 0.3) is 0 Å². The smallest absolute Gasteiger partial charge is 0.330 e. The molecule has 0 radical (unpaired) electrons. The standard InChI is InChI=1S/C25H25F4N5O/c26-17-7-4-6-16(12-17)20-13-30-15-24(20,14-25(27,28)29)32-23(35)31-22-19-10-5-11-21(19)33-34(22)18-8-2-1-3-9-18/h1-4,6-9,12,20,30H,5,10-11,13-15H2,(H2,31,32,35)/t20-,24+/m1/s1. The van der Waals surface area contributed by atoms with Gasteiger partial charge in [-0.25, -0.2) is 13.9 Å². The number of para-hydroxylation sites is 1. The highest BCUT2D eigenvalue weighted by molar-refractivity contribution is 5.90. The molecule has 2 heterocycles. The van der Waals surface area contributed by atoms with Gasteiger partial charge in [-0.3, -0.25) is 5.32 Å². The maximum atomic E-state index is 13.9. The predicted octanol–water partition coefficient (Wildman–Crippen LogP) is 4.70. The van der Waals surface area contributed by atoms with E-state index in [0.29, 0.717) is 11.4 Å². The number of anilines is 1. The number of urea groups is 1. The van der Waals surface area contributed by atoms with E-state index >= 15 is 0 Å². The van der Waals surface area contributed by atoms with E-state index in [2.05, 4.69) is 21.0 Å². The van der Waals surface area contributed by atoms with Crippen molar-refractivity contribution >= 4 is 11.8 Å². The molecule has 2 aliphatic rings. The quantitative estimate of drug-likeness (QED) is 0.457. The summed E-state index contributed by atoms with van der Waals surface area (Å²) < 4.78 is 56.7. The highest BCUT2D eigenvalue weighted by Gasteiger charge is 2.51. The zero-order valence-corrected chi connectivity index (χ0v) is 18.8. The molecule has 3 N–H and O–H groups in total. The first kappa shape index (κ1) is 23.3. The van der Waals surface area contributed by atoms with E-state index in [-0.39, 0.29) is 13.1 Å². The summed E-state index contributed by atoms with van der Waals surface area (Å²) in [4.78, 5) is 13.3. The third-order valence-corrected chi connectivity index (χ3v) is 6.73. The summed E-state index contributed by atoms with van der Waals surface area (Å²) in [6, 6.07) is 14.0. The molecule has 1 saturated heterocycles. The number of fused-ring (bicyclic) bond motifs is 1. The average molecular weight is 488 g/mol. The molecule has 2 amide bonds. The van der Waals surface area contributed by atoms with E-state index in [1.54, 1.807) is 10.7 Å². The summed E-state index contributed by atoms with van der Waals surface area (Å²) >= 11 is 0. The summed E-state index contributed by atoms with van der Waals surface area (Å²) in [6.45, 7) is 0.0777. The van der Waals surface area contributed by atoms with Gasteiger partial charge in [0.05, 0.1) is 23.3 Å². The number of hydrogen-bond acceptors (Lipinski definition) is 3. The fraction of sp³-hybridized carbons (Fsp3) is 0.360. The molecule has 10 heteroatoms. The van der Waals surface area contributed by atoms with E-state index in [1.807, 2.05) is 30.3 Å². The minimum absolute atomic E-state index is 0.100. The van der Waals surface area contributed by atoms with Crippen molar-refractivity contribution in [2.45, 2.75) is 43.3 Å². The molecule has 35 heavy (non-hydrogen) atoms. The van der Waals surface area contributed by atoms with Crippen LogP contribution in [0.3, 0.4) is 0 Å². The lowest BCUT2D eigenvalue weighted by molar-refractivity contribution is -0.148. The number of alkyl halides is 3. The Morgan fingerprint density at radius 3 is 2.69 bits per heavy atom. The second-order valence-electron chi connectivity index (χ2n) is 9.14. The maximum absolute atomic E-state index is 13.9. The molecule has 184 valence electrons. The Hall–Kier alpha value is -3.40. The van der Waals surface area contributed by atoms with Crippen LogP contribution in [-0.4, -0.2) is 40.6 Å². The molecule has 5 rings (SSSR count). The monoisotopic (exact) mass is 487 g/mol. The Balaban J connectivity index is 1.46. The van der Waals surface area contributed by atoms with Crippen LogP contribution >= 0.6 is 0 Å². The molecule has 0 unspecified atom stereocenters. The lowest BCUT2D eigenvalue weighted by atomic mass is 9.79. The van der Waals surface area contributed by atoms with Crippen molar-refractivity contribution in [1.82, 2.24) is 20.4 Å². The lowest BCUT2D eigenvalue weighted by Gasteiger charge is -2.36. The molecule has 6 nitrogen and oxygen atoms in total. The normalized spacial score (nSPS) is 21.7. The van der Waals surface area contributed by atoms with Gasteiger partial charge in [-0.1, -0.05) is 30.3 Å². The largest absolute Gasteiger partial charge is 0.391 e. The molecule has 2 atom stereocenters. The molecule has 3 aromatic rings. The molecule has 1 aromatic heterocycles. The molecule has 0 bridgehead atoms. The number of nitrogens with zero attached hydrogens (tertiary/aromatic N) is 2. The first-order chi connectivity index (χ1) is 16.7. The van der Waals surface area contributed by atoms with E-state index < -0.39 is 35.9 Å². The highest BCUT2D eigenvalue weighted by Crippen LogP contribution is 2.40. The Labute approximate surface area is 199 Å². The van der Waals surface area contributed by atoms with Crippen molar-refractivity contribution in [3.63, 3.8) is 0 Å². The van der Waals surface area contributed by atoms with Crippen molar-refractivity contribution in [2.75, 3.05) is 18.4 Å². The Morgan fingerprint density at radius 2 is 1.94 bits per heavy atom. The topological polar surface area (TPSA) is 71.0 Å². The van der Waals surface area contributed by atoms with Gasteiger partial charge in [0.1, 0.15) is 11.6 Å². The lowest BCUT2D eigenvalue weighted by Crippen LogP contribution is -2.57. The zero-order valence-electron chi connectivity index (χ0n) is 18.8. The molecular weight excluding hydrogens is 462 g/mol. The Bertz CT molecular complexity index is 1230. The van der Waals surface area contributed by atoms with E-state index in [0.717, 1.165) is 36.2 Å². The van der Waals surface area contributed by atoms with Crippen LogP contribution in [0.25, 0.3) is 5.69 Å². The number of benzene rings is 2. The van der Waals surface area contributed by atoms with E-state index in [4.69, 9.17) is 0 Å². The number of halogens is 4. The van der Waals surface area contributed by atoms with Crippen molar-refractivity contribution in [2.24, 2.45) is 0 Å². The molecule has 1 aliphatic carbocycles. The average Bonchev–Trinajstić information content (AvgIpc) is 3.49. The van der Waals surface area contributed by atoms with Crippen molar-refractivity contribution in [1.29, 1.82) is 0 Å². The van der Waals surface area contributed by atoms with Gasteiger partial charge in [0.2, 0.25) is 0 Å². The summed E-state index contributed by atoms with van der Waals surface area (Å²) in [5.74, 6) is -0.853. The summed E-state index contributed by atoms with van der Waals surface area (Å²) in [5.41, 5.74) is 1.21. The van der Waals surface area contributed by atoms with Crippen LogP contribution in [0.2, 0.25) is 0 Å². The molecule has 1 fully saturated rings. The number of amides is 2.